The van der Waals surface area contributed by atoms with E-state index in [0.717, 1.165) is 28.4 Å². The summed E-state index contributed by atoms with van der Waals surface area (Å²) in [5.41, 5.74) is 1.00. The number of likely N-dealkylation sites (tertiary alicyclic amines) is 1. The minimum atomic E-state index is 0.298. The molecule has 0 unspecified atom stereocenters. The minimum Gasteiger partial charge on any atom is -0.339 e. The van der Waals surface area contributed by atoms with Crippen LogP contribution in [0.4, 0.5) is 0 Å². The molecular formula is C20H24N2OS. The smallest absolute Gasteiger partial charge is 0.233 e. The summed E-state index contributed by atoms with van der Waals surface area (Å²) in [6.07, 6.45) is 7.63. The van der Waals surface area contributed by atoms with Gasteiger partial charge in [0.05, 0.1) is 16.3 Å². The number of hydrogen-bond acceptors (Lipinski definition) is 3. The highest BCUT2D eigenvalue weighted by molar-refractivity contribution is 7.99. The van der Waals surface area contributed by atoms with Crippen molar-refractivity contribution >= 4 is 28.6 Å². The van der Waals surface area contributed by atoms with Crippen molar-refractivity contribution in [1.82, 2.24) is 9.88 Å². The summed E-state index contributed by atoms with van der Waals surface area (Å²) < 4.78 is 0. The van der Waals surface area contributed by atoms with Gasteiger partial charge < -0.3 is 4.90 Å². The van der Waals surface area contributed by atoms with Gasteiger partial charge in [0, 0.05) is 18.0 Å². The molecule has 0 radical (unpaired) electrons. The molecule has 1 saturated carbocycles. The molecule has 2 aliphatic rings. The van der Waals surface area contributed by atoms with Gasteiger partial charge in [-0.1, -0.05) is 48.9 Å². The SMILES string of the molecule is O=C(CSc1ccc2ccccc2n1)N1CCC[C@@H]2CCCC[C@H]21. The van der Waals surface area contributed by atoms with Crippen molar-refractivity contribution in [3.63, 3.8) is 0 Å². The van der Waals surface area contributed by atoms with E-state index in [-0.39, 0.29) is 0 Å². The van der Waals surface area contributed by atoms with Gasteiger partial charge in [-0.2, -0.15) is 0 Å². The Morgan fingerprint density at radius 3 is 2.88 bits per heavy atom. The molecule has 1 aromatic heterocycles. The number of pyridine rings is 1. The van der Waals surface area contributed by atoms with Crippen LogP contribution < -0.4 is 0 Å². The van der Waals surface area contributed by atoms with E-state index in [9.17, 15) is 4.79 Å². The number of hydrogen-bond donors (Lipinski definition) is 0. The lowest BCUT2D eigenvalue weighted by atomic mass is 9.78. The van der Waals surface area contributed by atoms with Crippen molar-refractivity contribution in [3.8, 4) is 0 Å². The highest BCUT2D eigenvalue weighted by Crippen LogP contribution is 2.35. The van der Waals surface area contributed by atoms with Crippen LogP contribution in [0.15, 0.2) is 41.4 Å². The molecule has 1 aromatic carbocycles. The normalized spacial score (nSPS) is 23.9. The maximum atomic E-state index is 12.8. The first-order chi connectivity index (χ1) is 11.8. The number of thioether (sulfide) groups is 1. The lowest BCUT2D eigenvalue weighted by molar-refractivity contribution is -0.134. The quantitative estimate of drug-likeness (QED) is 0.771. The topological polar surface area (TPSA) is 33.2 Å². The van der Waals surface area contributed by atoms with Crippen LogP contribution in [0.2, 0.25) is 0 Å². The number of carbonyl (C=O) groups is 1. The third kappa shape index (κ3) is 3.30. The third-order valence-corrected chi connectivity index (χ3v) is 6.39. The first kappa shape index (κ1) is 15.9. The van der Waals surface area contributed by atoms with Crippen LogP contribution in [0.5, 0.6) is 0 Å². The van der Waals surface area contributed by atoms with E-state index >= 15 is 0 Å². The summed E-state index contributed by atoms with van der Waals surface area (Å²) in [5, 5.41) is 2.09. The maximum Gasteiger partial charge on any atom is 0.233 e. The molecule has 126 valence electrons. The molecule has 3 nitrogen and oxygen atoms in total. The Labute approximate surface area is 147 Å². The van der Waals surface area contributed by atoms with Gasteiger partial charge in [0.25, 0.3) is 0 Å². The summed E-state index contributed by atoms with van der Waals surface area (Å²) in [6.45, 7) is 0.950. The second kappa shape index (κ2) is 7.14. The van der Waals surface area contributed by atoms with E-state index in [1.165, 1.54) is 38.5 Å². The minimum absolute atomic E-state index is 0.298. The fourth-order valence-electron chi connectivity index (χ4n) is 4.28. The zero-order valence-electron chi connectivity index (χ0n) is 14.0. The molecule has 0 spiro atoms. The van der Waals surface area contributed by atoms with E-state index < -0.39 is 0 Å². The Morgan fingerprint density at radius 2 is 1.92 bits per heavy atom. The highest BCUT2D eigenvalue weighted by atomic mass is 32.2. The summed E-state index contributed by atoms with van der Waals surface area (Å²) in [4.78, 5) is 19.6. The number of fused-ring (bicyclic) bond motifs is 2. The molecule has 0 bridgehead atoms. The fraction of sp³-hybridized carbons (Fsp3) is 0.500. The molecule has 1 saturated heterocycles. The van der Waals surface area contributed by atoms with E-state index in [1.807, 2.05) is 24.3 Å². The summed E-state index contributed by atoms with van der Waals surface area (Å²) in [6, 6.07) is 12.7. The van der Waals surface area contributed by atoms with Crippen molar-refractivity contribution in [2.45, 2.75) is 49.6 Å². The van der Waals surface area contributed by atoms with Gasteiger partial charge in [-0.3, -0.25) is 4.79 Å². The largest absolute Gasteiger partial charge is 0.339 e. The van der Waals surface area contributed by atoms with Gasteiger partial charge in [0.15, 0.2) is 0 Å². The molecule has 1 aliphatic carbocycles. The Balaban J connectivity index is 1.41. The number of benzene rings is 1. The molecular weight excluding hydrogens is 316 g/mol. The fourth-order valence-corrected chi connectivity index (χ4v) is 5.05. The number of para-hydroxylation sites is 1. The first-order valence-electron chi connectivity index (χ1n) is 9.09. The zero-order valence-corrected chi connectivity index (χ0v) is 14.8. The van der Waals surface area contributed by atoms with Gasteiger partial charge in [-0.05, 0) is 43.7 Å². The molecule has 2 aromatic rings. The average Bonchev–Trinajstić information content (AvgIpc) is 2.65. The molecule has 1 aliphatic heterocycles. The van der Waals surface area contributed by atoms with Crippen LogP contribution in [0.1, 0.15) is 38.5 Å². The van der Waals surface area contributed by atoms with Crippen LogP contribution in [0, 0.1) is 5.92 Å². The first-order valence-corrected chi connectivity index (χ1v) is 10.1. The standard InChI is InChI=1S/C20H24N2OS/c23-20(22-13-5-8-16-7-2-4-10-18(16)22)14-24-19-12-11-15-6-1-3-9-17(15)21-19/h1,3,6,9,11-12,16,18H,2,4-5,7-8,10,13-14H2/t16-,18+/m0/s1. The Kier molecular flexibility index (Phi) is 4.74. The Bertz CT molecular complexity index is 730. The molecule has 2 fully saturated rings. The van der Waals surface area contributed by atoms with Crippen molar-refractivity contribution in [3.05, 3.63) is 36.4 Å². The van der Waals surface area contributed by atoms with E-state index in [4.69, 9.17) is 0 Å². The number of amides is 1. The number of nitrogens with zero attached hydrogens (tertiary/aromatic N) is 2. The van der Waals surface area contributed by atoms with Gasteiger partial charge in [-0.15, -0.1) is 0 Å². The van der Waals surface area contributed by atoms with E-state index in [0.29, 0.717) is 17.7 Å². The predicted octanol–water partition coefficient (Wildman–Crippen LogP) is 4.51. The average molecular weight is 340 g/mol. The maximum absolute atomic E-state index is 12.8. The van der Waals surface area contributed by atoms with Crippen LogP contribution in [-0.4, -0.2) is 34.1 Å². The lowest BCUT2D eigenvalue weighted by Crippen LogP contribution is -2.50. The van der Waals surface area contributed by atoms with Gasteiger partial charge in [0.2, 0.25) is 5.91 Å². The van der Waals surface area contributed by atoms with Gasteiger partial charge in [0.1, 0.15) is 0 Å². The van der Waals surface area contributed by atoms with Crippen LogP contribution in [0.3, 0.4) is 0 Å². The summed E-state index contributed by atoms with van der Waals surface area (Å²) >= 11 is 1.57. The molecule has 4 rings (SSSR count). The molecule has 0 N–H and O–H groups in total. The van der Waals surface area contributed by atoms with Gasteiger partial charge in [-0.25, -0.2) is 4.98 Å². The lowest BCUT2D eigenvalue weighted by Gasteiger charge is -2.44. The molecule has 24 heavy (non-hydrogen) atoms. The van der Waals surface area contributed by atoms with Crippen molar-refractivity contribution < 1.29 is 4.79 Å². The number of carbonyl (C=O) groups excluding carboxylic acids is 1. The Morgan fingerprint density at radius 1 is 1.08 bits per heavy atom. The van der Waals surface area contributed by atoms with Crippen LogP contribution in [-0.2, 0) is 4.79 Å². The second-order valence-electron chi connectivity index (χ2n) is 6.97. The third-order valence-electron chi connectivity index (χ3n) is 5.48. The summed E-state index contributed by atoms with van der Waals surface area (Å²) in [5.74, 6) is 1.56. The Hall–Kier alpha value is -1.55. The van der Waals surface area contributed by atoms with Gasteiger partial charge >= 0.3 is 0 Å². The second-order valence-corrected chi connectivity index (χ2v) is 7.97. The molecule has 2 heterocycles. The summed E-state index contributed by atoms with van der Waals surface area (Å²) in [7, 11) is 0. The number of aromatic nitrogens is 1. The zero-order chi connectivity index (χ0) is 16.4. The van der Waals surface area contributed by atoms with Crippen LogP contribution >= 0.6 is 11.8 Å². The monoisotopic (exact) mass is 340 g/mol. The van der Waals surface area contributed by atoms with Crippen molar-refractivity contribution in [2.24, 2.45) is 5.92 Å². The van der Waals surface area contributed by atoms with E-state index in [2.05, 4.69) is 22.0 Å². The highest BCUT2D eigenvalue weighted by Gasteiger charge is 2.35. The predicted molar refractivity (Wildman–Crippen MR) is 99.2 cm³/mol. The van der Waals surface area contributed by atoms with E-state index in [1.54, 1.807) is 11.8 Å². The van der Waals surface area contributed by atoms with Crippen LogP contribution in [0.25, 0.3) is 10.9 Å². The number of rotatable bonds is 3. The molecule has 1 amide bonds. The van der Waals surface area contributed by atoms with Crippen molar-refractivity contribution in [2.75, 3.05) is 12.3 Å². The molecule has 2 atom stereocenters. The molecule has 4 heteroatoms. The van der Waals surface area contributed by atoms with Crippen molar-refractivity contribution in [1.29, 1.82) is 0 Å². The number of piperidine rings is 1.